The van der Waals surface area contributed by atoms with Crippen molar-refractivity contribution >= 4 is 33.2 Å². The van der Waals surface area contributed by atoms with Crippen LogP contribution >= 0.6 is 27.3 Å². The Morgan fingerprint density at radius 2 is 2.20 bits per heavy atom. The fourth-order valence-electron chi connectivity index (χ4n) is 2.25. The van der Waals surface area contributed by atoms with E-state index in [4.69, 9.17) is 5.11 Å². The molecular weight excluding hydrogens is 276 g/mol. The molecule has 1 fully saturated rings. The molecule has 1 aliphatic rings. The summed E-state index contributed by atoms with van der Waals surface area (Å²) in [4.78, 5) is 12.3. The summed E-state index contributed by atoms with van der Waals surface area (Å²) < 4.78 is 1.09. The van der Waals surface area contributed by atoms with Crippen LogP contribution in [-0.4, -0.2) is 11.1 Å². The van der Waals surface area contributed by atoms with E-state index in [0.717, 1.165) is 4.47 Å². The van der Waals surface area contributed by atoms with E-state index in [1.165, 1.54) is 10.4 Å². The number of halogens is 1. The highest BCUT2D eigenvalue weighted by molar-refractivity contribution is 9.10. The molecule has 0 unspecified atom stereocenters. The molecular formula is C11H13BrO2S. The average molecular weight is 289 g/mol. The SMILES string of the molecule is Cc1csc([C@@H]2[C@@H](C(=O)O)C2(C)C)c1Br. The van der Waals surface area contributed by atoms with Gasteiger partial charge in [-0.25, -0.2) is 0 Å². The molecule has 1 heterocycles. The molecule has 2 rings (SSSR count). The number of hydrogen-bond donors (Lipinski definition) is 1. The molecule has 15 heavy (non-hydrogen) atoms. The van der Waals surface area contributed by atoms with Crippen LogP contribution in [0.5, 0.6) is 0 Å². The van der Waals surface area contributed by atoms with Crippen LogP contribution in [0.25, 0.3) is 0 Å². The molecule has 0 aromatic carbocycles. The summed E-state index contributed by atoms with van der Waals surface area (Å²) in [5, 5.41) is 11.2. The van der Waals surface area contributed by atoms with Gasteiger partial charge in [-0.15, -0.1) is 11.3 Å². The summed E-state index contributed by atoms with van der Waals surface area (Å²) in [6, 6.07) is 0. The predicted molar refractivity (Wildman–Crippen MR) is 64.4 cm³/mol. The first-order chi connectivity index (χ1) is 6.87. The summed E-state index contributed by atoms with van der Waals surface area (Å²) in [5.41, 5.74) is 1.09. The molecule has 4 heteroatoms. The van der Waals surface area contributed by atoms with E-state index < -0.39 is 5.97 Å². The van der Waals surface area contributed by atoms with Gasteiger partial charge in [0.15, 0.2) is 0 Å². The zero-order chi connectivity index (χ0) is 11.4. The zero-order valence-corrected chi connectivity index (χ0v) is 11.3. The number of aryl methyl sites for hydroxylation is 1. The van der Waals surface area contributed by atoms with Crippen molar-refractivity contribution in [3.8, 4) is 0 Å². The molecule has 2 nitrogen and oxygen atoms in total. The van der Waals surface area contributed by atoms with Crippen molar-refractivity contribution in [3.05, 3.63) is 20.3 Å². The fraction of sp³-hybridized carbons (Fsp3) is 0.545. The first kappa shape index (κ1) is 11.1. The maximum Gasteiger partial charge on any atom is 0.307 e. The zero-order valence-electron chi connectivity index (χ0n) is 8.87. The van der Waals surface area contributed by atoms with E-state index in [-0.39, 0.29) is 17.3 Å². The van der Waals surface area contributed by atoms with Crippen molar-refractivity contribution in [3.63, 3.8) is 0 Å². The normalized spacial score (nSPS) is 27.7. The van der Waals surface area contributed by atoms with Gasteiger partial charge >= 0.3 is 5.97 Å². The summed E-state index contributed by atoms with van der Waals surface area (Å²) in [6.07, 6.45) is 0. The van der Waals surface area contributed by atoms with E-state index in [9.17, 15) is 4.79 Å². The lowest BCUT2D eigenvalue weighted by molar-refractivity contribution is -0.139. The first-order valence-corrected chi connectivity index (χ1v) is 6.51. The third kappa shape index (κ3) is 1.54. The molecule has 1 aliphatic carbocycles. The van der Waals surface area contributed by atoms with Crippen molar-refractivity contribution in [2.24, 2.45) is 11.3 Å². The van der Waals surface area contributed by atoms with E-state index in [0.29, 0.717) is 0 Å². The maximum atomic E-state index is 11.1. The lowest BCUT2D eigenvalue weighted by Crippen LogP contribution is -2.03. The molecule has 1 aromatic rings. The molecule has 1 aromatic heterocycles. The van der Waals surface area contributed by atoms with Crippen LogP contribution in [0.1, 0.15) is 30.2 Å². The van der Waals surface area contributed by atoms with E-state index in [2.05, 4.69) is 21.3 Å². The fourth-order valence-corrected chi connectivity index (χ4v) is 4.31. The molecule has 0 radical (unpaired) electrons. The second kappa shape index (κ2) is 3.32. The van der Waals surface area contributed by atoms with Crippen LogP contribution in [0.3, 0.4) is 0 Å². The minimum absolute atomic E-state index is 0.106. The Morgan fingerprint density at radius 1 is 1.60 bits per heavy atom. The topological polar surface area (TPSA) is 37.3 Å². The molecule has 0 spiro atoms. The molecule has 0 bridgehead atoms. The Bertz CT molecular complexity index is 422. The summed E-state index contributed by atoms with van der Waals surface area (Å²) in [7, 11) is 0. The minimum atomic E-state index is -0.678. The number of thiophene rings is 1. The molecule has 0 aliphatic heterocycles. The summed E-state index contributed by atoms with van der Waals surface area (Å²) >= 11 is 5.20. The number of carboxylic acids is 1. The van der Waals surface area contributed by atoms with Gasteiger partial charge in [0.1, 0.15) is 0 Å². The Balaban J connectivity index is 2.35. The predicted octanol–water partition coefficient (Wildman–Crippen LogP) is 3.64. The van der Waals surface area contributed by atoms with Crippen molar-refractivity contribution in [1.82, 2.24) is 0 Å². The van der Waals surface area contributed by atoms with Crippen molar-refractivity contribution in [1.29, 1.82) is 0 Å². The third-order valence-corrected chi connectivity index (χ3v) is 5.80. The van der Waals surface area contributed by atoms with Crippen LogP contribution in [0, 0.1) is 18.3 Å². The van der Waals surface area contributed by atoms with Gasteiger partial charge in [0.25, 0.3) is 0 Å². The number of hydrogen-bond acceptors (Lipinski definition) is 2. The molecule has 1 N–H and O–H groups in total. The van der Waals surface area contributed by atoms with Gasteiger partial charge in [-0.05, 0) is 39.2 Å². The van der Waals surface area contributed by atoms with Crippen LogP contribution in [0.15, 0.2) is 9.85 Å². The van der Waals surface area contributed by atoms with E-state index in [1.54, 1.807) is 11.3 Å². The van der Waals surface area contributed by atoms with Gasteiger partial charge < -0.3 is 5.11 Å². The lowest BCUT2D eigenvalue weighted by Gasteiger charge is -2.00. The molecule has 1 saturated carbocycles. The Kier molecular flexibility index (Phi) is 2.47. The third-order valence-electron chi connectivity index (χ3n) is 3.30. The maximum absolute atomic E-state index is 11.1. The van der Waals surface area contributed by atoms with Crippen molar-refractivity contribution in [2.45, 2.75) is 26.7 Å². The van der Waals surface area contributed by atoms with E-state index in [1.807, 2.05) is 20.8 Å². The Morgan fingerprint density at radius 3 is 2.53 bits per heavy atom. The summed E-state index contributed by atoms with van der Waals surface area (Å²) in [5.74, 6) is -0.738. The monoisotopic (exact) mass is 288 g/mol. The number of rotatable bonds is 2. The van der Waals surface area contributed by atoms with Crippen LogP contribution < -0.4 is 0 Å². The van der Waals surface area contributed by atoms with Gasteiger partial charge in [-0.3, -0.25) is 4.79 Å². The minimum Gasteiger partial charge on any atom is -0.481 e. The summed E-state index contributed by atoms with van der Waals surface area (Å²) in [6.45, 7) is 6.09. The van der Waals surface area contributed by atoms with Crippen LogP contribution in [0.2, 0.25) is 0 Å². The Labute approximate surface area is 101 Å². The van der Waals surface area contributed by atoms with Gasteiger partial charge in [0, 0.05) is 15.3 Å². The second-order valence-electron chi connectivity index (χ2n) is 4.71. The highest BCUT2D eigenvalue weighted by atomic mass is 79.9. The molecule has 0 amide bonds. The highest BCUT2D eigenvalue weighted by Gasteiger charge is 2.63. The standard InChI is InChI=1S/C11H13BrO2S/c1-5-4-15-9(8(5)12)6-7(10(13)14)11(6,2)3/h4,6-7H,1-3H3,(H,13,14)/t6-,7-/m0/s1. The number of aliphatic carboxylic acids is 1. The van der Waals surface area contributed by atoms with Gasteiger partial charge in [-0.2, -0.15) is 0 Å². The molecule has 82 valence electrons. The quantitative estimate of drug-likeness (QED) is 0.902. The largest absolute Gasteiger partial charge is 0.481 e. The Hall–Kier alpha value is -0.350. The van der Waals surface area contributed by atoms with Gasteiger partial charge in [0.05, 0.1) is 5.92 Å². The van der Waals surface area contributed by atoms with Crippen molar-refractivity contribution < 1.29 is 9.90 Å². The van der Waals surface area contributed by atoms with E-state index >= 15 is 0 Å². The second-order valence-corrected chi connectivity index (χ2v) is 6.42. The van der Waals surface area contributed by atoms with Gasteiger partial charge in [0.2, 0.25) is 0 Å². The lowest BCUT2D eigenvalue weighted by atomic mass is 10.1. The van der Waals surface area contributed by atoms with Crippen LogP contribution in [0.4, 0.5) is 0 Å². The number of carboxylic acid groups (broad SMARTS) is 1. The van der Waals surface area contributed by atoms with Crippen molar-refractivity contribution in [2.75, 3.05) is 0 Å². The van der Waals surface area contributed by atoms with Gasteiger partial charge in [-0.1, -0.05) is 13.8 Å². The average Bonchev–Trinajstić information content (AvgIpc) is 2.54. The molecule has 0 saturated heterocycles. The number of carbonyl (C=O) groups is 1. The first-order valence-electron chi connectivity index (χ1n) is 4.83. The highest BCUT2D eigenvalue weighted by Crippen LogP contribution is 2.66. The van der Waals surface area contributed by atoms with Crippen LogP contribution in [-0.2, 0) is 4.79 Å². The smallest absolute Gasteiger partial charge is 0.307 e. The molecule has 2 atom stereocenters.